The number of anilines is 1. The zero-order chi connectivity index (χ0) is 24.0. The van der Waals surface area contributed by atoms with Crippen LogP contribution >= 0.6 is 12.6 Å². The smallest absolute Gasteiger partial charge is 0.412 e. The molecule has 0 unspecified atom stereocenters. The van der Waals surface area contributed by atoms with E-state index in [1.165, 1.54) is 0 Å². The lowest BCUT2D eigenvalue weighted by Crippen LogP contribution is -2.30. The summed E-state index contributed by atoms with van der Waals surface area (Å²) in [5.74, 6) is -0.251. The number of ether oxygens (including phenoxy) is 2. The van der Waals surface area contributed by atoms with E-state index >= 15 is 0 Å². The molecule has 0 aliphatic heterocycles. The van der Waals surface area contributed by atoms with E-state index in [9.17, 15) is 14.7 Å². The minimum atomic E-state index is -0.678. The third kappa shape index (κ3) is 6.20. The largest absolute Gasteiger partial charge is 0.507 e. The van der Waals surface area contributed by atoms with Crippen LogP contribution in [0.5, 0.6) is 5.75 Å². The molecule has 6 nitrogen and oxygen atoms in total. The Bertz CT molecular complexity index is 1130. The Balaban J connectivity index is 1.92. The number of benzene rings is 3. The van der Waals surface area contributed by atoms with Crippen molar-refractivity contribution in [2.75, 3.05) is 17.7 Å². The maximum atomic E-state index is 12.9. The summed E-state index contributed by atoms with van der Waals surface area (Å²) in [4.78, 5) is 24.4. The molecule has 3 rings (SSSR count). The highest BCUT2D eigenvalue weighted by Gasteiger charge is 2.36. The number of amides is 1. The normalized spacial score (nSPS) is 12.2. The van der Waals surface area contributed by atoms with Crippen LogP contribution in [0.2, 0.25) is 0 Å². The first-order valence-electron chi connectivity index (χ1n) is 10.7. The highest BCUT2D eigenvalue weighted by Crippen LogP contribution is 2.43. The fourth-order valence-corrected chi connectivity index (χ4v) is 3.77. The van der Waals surface area contributed by atoms with Gasteiger partial charge in [-0.1, -0.05) is 61.9 Å². The van der Waals surface area contributed by atoms with E-state index in [2.05, 4.69) is 17.9 Å². The molecule has 0 saturated heterocycles. The van der Waals surface area contributed by atoms with Crippen LogP contribution in [-0.2, 0) is 14.3 Å². The highest BCUT2D eigenvalue weighted by molar-refractivity contribution is 7.81. The van der Waals surface area contributed by atoms with Crippen molar-refractivity contribution in [1.29, 1.82) is 0 Å². The second-order valence-corrected chi connectivity index (χ2v) is 8.93. The minimum absolute atomic E-state index is 0.00190. The topological polar surface area (TPSA) is 84.9 Å². The molecule has 3 aromatic rings. The molecule has 0 bridgehead atoms. The first-order valence-corrected chi connectivity index (χ1v) is 11.4. The SMILES string of the molecule is Cc1ccc(NC(=O)O[C@@H](c2ccc(O)c3ccccc23)C(C)(C)CCOC(=O)CS)cc1. The summed E-state index contributed by atoms with van der Waals surface area (Å²) < 4.78 is 11.2. The predicted octanol–water partition coefficient (Wildman–Crippen LogP) is 6.03. The van der Waals surface area contributed by atoms with Gasteiger partial charge in [0.15, 0.2) is 0 Å². The van der Waals surface area contributed by atoms with Gasteiger partial charge in [-0.3, -0.25) is 10.1 Å². The highest BCUT2D eigenvalue weighted by atomic mass is 32.1. The maximum Gasteiger partial charge on any atom is 0.412 e. The summed E-state index contributed by atoms with van der Waals surface area (Å²) in [6, 6.07) is 18.2. The van der Waals surface area contributed by atoms with Gasteiger partial charge in [0.1, 0.15) is 11.9 Å². The van der Waals surface area contributed by atoms with Gasteiger partial charge in [-0.25, -0.2) is 4.79 Å². The zero-order valence-electron chi connectivity index (χ0n) is 19.0. The standard InChI is InChI=1S/C26H29NO5S/c1-17-8-10-18(11-9-17)27-25(30)32-24(26(2,3)14-15-31-23(29)16-33)21-12-13-22(28)20-7-5-4-6-19(20)21/h4-13,24,28,33H,14-16H2,1-3H3,(H,27,30)/t24-/m0/s1. The number of hydrogen-bond donors (Lipinski definition) is 3. The van der Waals surface area contributed by atoms with E-state index < -0.39 is 23.6 Å². The maximum absolute atomic E-state index is 12.9. The van der Waals surface area contributed by atoms with Gasteiger partial charge in [0.05, 0.1) is 12.4 Å². The van der Waals surface area contributed by atoms with E-state index in [0.29, 0.717) is 17.5 Å². The number of phenols is 1. The summed E-state index contributed by atoms with van der Waals surface area (Å²) in [7, 11) is 0. The number of aromatic hydroxyl groups is 1. The van der Waals surface area contributed by atoms with Crippen molar-refractivity contribution in [1.82, 2.24) is 0 Å². The number of carbonyl (C=O) groups is 2. The first-order chi connectivity index (χ1) is 15.7. The Morgan fingerprint density at radius 3 is 2.36 bits per heavy atom. The average molecular weight is 468 g/mol. The van der Waals surface area contributed by atoms with Crippen LogP contribution in [0.1, 0.15) is 37.5 Å². The molecule has 0 aliphatic rings. The number of esters is 1. The molecule has 33 heavy (non-hydrogen) atoms. The molecule has 0 radical (unpaired) electrons. The summed E-state index contributed by atoms with van der Waals surface area (Å²) in [6.07, 6.45) is -0.825. The van der Waals surface area contributed by atoms with E-state index in [-0.39, 0.29) is 18.1 Å². The van der Waals surface area contributed by atoms with Gasteiger partial charge in [0, 0.05) is 22.1 Å². The minimum Gasteiger partial charge on any atom is -0.507 e. The van der Waals surface area contributed by atoms with Gasteiger partial charge in [0.2, 0.25) is 0 Å². The number of phenolic OH excluding ortho intramolecular Hbond substituents is 1. The molecular weight excluding hydrogens is 438 g/mol. The molecule has 2 N–H and O–H groups in total. The van der Waals surface area contributed by atoms with Crippen LogP contribution in [0.25, 0.3) is 10.8 Å². The van der Waals surface area contributed by atoms with Crippen LogP contribution in [0.4, 0.5) is 10.5 Å². The first kappa shape index (κ1) is 24.5. The van der Waals surface area contributed by atoms with Gasteiger partial charge in [0.25, 0.3) is 0 Å². The summed E-state index contributed by atoms with van der Waals surface area (Å²) in [5.41, 5.74) is 1.87. The van der Waals surface area contributed by atoms with Crippen molar-refractivity contribution in [3.63, 3.8) is 0 Å². The van der Waals surface area contributed by atoms with Gasteiger partial charge in [-0.2, -0.15) is 12.6 Å². The number of carbonyl (C=O) groups excluding carboxylic acids is 2. The number of rotatable bonds is 8. The van der Waals surface area contributed by atoms with Crippen molar-refractivity contribution in [3.8, 4) is 5.75 Å². The van der Waals surface area contributed by atoms with Crippen LogP contribution in [-0.4, -0.2) is 29.5 Å². The molecule has 0 aliphatic carbocycles. The van der Waals surface area contributed by atoms with Crippen molar-refractivity contribution in [2.45, 2.75) is 33.3 Å². The average Bonchev–Trinajstić information content (AvgIpc) is 2.79. The Hall–Kier alpha value is -3.19. The Morgan fingerprint density at radius 1 is 1.03 bits per heavy atom. The molecule has 0 heterocycles. The van der Waals surface area contributed by atoms with Gasteiger partial charge in [-0.15, -0.1) is 0 Å². The zero-order valence-corrected chi connectivity index (χ0v) is 19.9. The monoisotopic (exact) mass is 467 g/mol. The summed E-state index contributed by atoms with van der Waals surface area (Å²) in [5, 5.41) is 14.6. The number of hydrogen-bond acceptors (Lipinski definition) is 6. The third-order valence-electron chi connectivity index (χ3n) is 5.59. The van der Waals surface area contributed by atoms with Gasteiger partial charge in [-0.05, 0) is 36.9 Å². The van der Waals surface area contributed by atoms with E-state index in [1.54, 1.807) is 12.1 Å². The van der Waals surface area contributed by atoms with Gasteiger partial charge < -0.3 is 14.6 Å². The van der Waals surface area contributed by atoms with E-state index in [1.807, 2.05) is 69.3 Å². The molecule has 1 atom stereocenters. The van der Waals surface area contributed by atoms with Crippen LogP contribution in [0.3, 0.4) is 0 Å². The Kier molecular flexibility index (Phi) is 7.87. The van der Waals surface area contributed by atoms with Gasteiger partial charge >= 0.3 is 12.1 Å². The molecule has 7 heteroatoms. The molecule has 1 amide bonds. The number of nitrogens with one attached hydrogen (secondary N) is 1. The molecule has 0 fully saturated rings. The predicted molar refractivity (Wildman–Crippen MR) is 133 cm³/mol. The van der Waals surface area contributed by atoms with Crippen molar-refractivity contribution in [3.05, 3.63) is 71.8 Å². The lowest BCUT2D eigenvalue weighted by Gasteiger charge is -2.34. The summed E-state index contributed by atoms with van der Waals surface area (Å²) >= 11 is 3.93. The van der Waals surface area contributed by atoms with Crippen LogP contribution in [0, 0.1) is 12.3 Å². The third-order valence-corrected chi connectivity index (χ3v) is 5.85. The lowest BCUT2D eigenvalue weighted by atomic mass is 9.78. The van der Waals surface area contributed by atoms with E-state index in [0.717, 1.165) is 16.5 Å². The van der Waals surface area contributed by atoms with Crippen molar-refractivity contribution >= 4 is 41.2 Å². The molecule has 0 saturated carbocycles. The summed E-state index contributed by atoms with van der Waals surface area (Å²) in [6.45, 7) is 6.04. The van der Waals surface area contributed by atoms with E-state index in [4.69, 9.17) is 9.47 Å². The Morgan fingerprint density at radius 2 is 1.70 bits per heavy atom. The second kappa shape index (κ2) is 10.6. The van der Waals surface area contributed by atoms with Crippen LogP contribution in [0.15, 0.2) is 60.7 Å². The molecular formula is C26H29NO5S. The van der Waals surface area contributed by atoms with Crippen molar-refractivity contribution in [2.24, 2.45) is 5.41 Å². The number of aryl methyl sites for hydroxylation is 1. The number of fused-ring (bicyclic) bond motifs is 1. The lowest BCUT2D eigenvalue weighted by molar-refractivity contribution is -0.141. The fraction of sp³-hybridized carbons (Fsp3) is 0.308. The quantitative estimate of drug-likeness (QED) is 0.278. The molecule has 0 spiro atoms. The molecule has 3 aromatic carbocycles. The second-order valence-electron chi connectivity index (χ2n) is 8.61. The van der Waals surface area contributed by atoms with Crippen molar-refractivity contribution < 1.29 is 24.2 Å². The molecule has 174 valence electrons. The van der Waals surface area contributed by atoms with Crippen LogP contribution < -0.4 is 5.32 Å². The number of thiol groups is 1. The fourth-order valence-electron chi connectivity index (χ4n) is 3.67. The molecule has 0 aromatic heterocycles. The Labute approximate surface area is 199 Å².